The summed E-state index contributed by atoms with van der Waals surface area (Å²) in [6.45, 7) is -0.330. The van der Waals surface area contributed by atoms with Crippen molar-refractivity contribution in [3.05, 3.63) is 102 Å². The summed E-state index contributed by atoms with van der Waals surface area (Å²) < 4.78 is 14.3. The maximum atomic E-state index is 14.3. The van der Waals surface area contributed by atoms with E-state index in [4.69, 9.17) is 0 Å². The van der Waals surface area contributed by atoms with E-state index in [0.717, 1.165) is 22.1 Å². The van der Waals surface area contributed by atoms with Crippen molar-refractivity contribution in [3.8, 4) is 11.1 Å². The van der Waals surface area contributed by atoms with Gasteiger partial charge in [0.2, 0.25) is 0 Å². The van der Waals surface area contributed by atoms with Crippen LogP contribution in [0.3, 0.4) is 0 Å². The number of amides is 1. The van der Waals surface area contributed by atoms with Crippen molar-refractivity contribution in [1.29, 1.82) is 0 Å². The van der Waals surface area contributed by atoms with Crippen LogP contribution in [0.1, 0.15) is 21.6 Å². The molecule has 4 rings (SSSR count). The third kappa shape index (κ3) is 3.74. The quantitative estimate of drug-likeness (QED) is 0.447. The van der Waals surface area contributed by atoms with Crippen molar-refractivity contribution in [1.82, 2.24) is 9.88 Å². The molecule has 0 fully saturated rings. The highest BCUT2D eigenvalue weighted by Gasteiger charge is 2.23. The Labute approximate surface area is 169 Å². The van der Waals surface area contributed by atoms with Gasteiger partial charge in [0.1, 0.15) is 12.4 Å². The summed E-state index contributed by atoms with van der Waals surface area (Å²) in [5.74, 6) is -0.288. The molecular weight excluding hydrogens is 362 g/mol. The van der Waals surface area contributed by atoms with Gasteiger partial charge in [0.25, 0.3) is 5.91 Å². The van der Waals surface area contributed by atoms with Crippen molar-refractivity contribution in [3.63, 3.8) is 0 Å². The molecule has 0 radical (unpaired) electrons. The number of carbonyl (C=O) groups excluding carboxylic acids is 1. The van der Waals surface area contributed by atoms with Crippen LogP contribution in [-0.2, 0) is 13.2 Å². The van der Waals surface area contributed by atoms with Gasteiger partial charge in [-0.05, 0) is 22.8 Å². The number of benzene rings is 3. The second kappa shape index (κ2) is 8.23. The Hall–Kier alpha value is -3.53. The number of hydrogen-bond donors (Lipinski definition) is 0. The van der Waals surface area contributed by atoms with Gasteiger partial charge in [-0.2, -0.15) is 0 Å². The number of carbonyl (C=O) groups is 1. The van der Waals surface area contributed by atoms with Crippen LogP contribution in [0.15, 0.2) is 84.9 Å². The number of rotatable bonds is 5. The molecule has 1 heterocycles. The predicted octanol–water partition coefficient (Wildman–Crippen LogP) is 5.64. The Balaban J connectivity index is 1.85. The summed E-state index contributed by atoms with van der Waals surface area (Å²) in [7, 11) is 1.72. The summed E-state index contributed by atoms with van der Waals surface area (Å²) >= 11 is 0. The normalized spacial score (nSPS) is 10.8. The van der Waals surface area contributed by atoms with Crippen LogP contribution >= 0.6 is 0 Å². The standard InChI is InChI=1S/C25H21FN2O/c1-28(17-18-10-4-2-5-11-18)25(29)24-21(16-26)23(19-12-6-3-7-13-19)20-14-8-9-15-22(20)27-24/h2-15H,16-17H2,1H3/i1-1. The molecule has 144 valence electrons. The zero-order valence-corrected chi connectivity index (χ0v) is 16.2. The van der Waals surface area contributed by atoms with Crippen molar-refractivity contribution in [2.24, 2.45) is 0 Å². The molecule has 0 unspecified atom stereocenters. The zero-order chi connectivity index (χ0) is 20.2. The number of para-hydroxylation sites is 1. The molecule has 0 spiro atoms. The first-order valence-electron chi connectivity index (χ1n) is 9.51. The first-order valence-corrected chi connectivity index (χ1v) is 9.51. The molecule has 0 aliphatic carbocycles. The number of hydrogen-bond acceptors (Lipinski definition) is 2. The number of nitrogens with zero attached hydrogens (tertiary/aromatic N) is 2. The van der Waals surface area contributed by atoms with E-state index < -0.39 is 6.67 Å². The number of aromatic nitrogens is 1. The van der Waals surface area contributed by atoms with Crippen LogP contribution < -0.4 is 0 Å². The van der Waals surface area contributed by atoms with Crippen LogP contribution in [-0.4, -0.2) is 22.8 Å². The van der Waals surface area contributed by atoms with Crippen molar-refractivity contribution >= 4 is 16.8 Å². The topological polar surface area (TPSA) is 33.2 Å². The van der Waals surface area contributed by atoms with Gasteiger partial charge in [0.05, 0.1) is 5.52 Å². The maximum Gasteiger partial charge on any atom is 0.272 e. The molecule has 29 heavy (non-hydrogen) atoms. The second-order valence-electron chi connectivity index (χ2n) is 6.98. The van der Waals surface area contributed by atoms with Crippen LogP contribution in [0.2, 0.25) is 0 Å². The number of halogens is 1. The van der Waals surface area contributed by atoms with Gasteiger partial charge in [-0.25, -0.2) is 9.37 Å². The van der Waals surface area contributed by atoms with E-state index in [-0.39, 0.29) is 11.6 Å². The van der Waals surface area contributed by atoms with Gasteiger partial charge in [-0.15, -0.1) is 0 Å². The van der Waals surface area contributed by atoms with E-state index in [1.54, 1.807) is 11.9 Å². The molecule has 4 heteroatoms. The minimum Gasteiger partial charge on any atom is -0.336 e. The Morgan fingerprint density at radius 3 is 2.21 bits per heavy atom. The van der Waals surface area contributed by atoms with Gasteiger partial charge >= 0.3 is 0 Å². The average molecular weight is 383 g/mol. The number of fused-ring (bicyclic) bond motifs is 1. The molecule has 1 aromatic heterocycles. The Morgan fingerprint density at radius 1 is 0.897 bits per heavy atom. The van der Waals surface area contributed by atoms with E-state index in [2.05, 4.69) is 4.98 Å². The van der Waals surface area contributed by atoms with Gasteiger partial charge in [-0.3, -0.25) is 4.79 Å². The Bertz CT molecular complexity index is 1140. The van der Waals surface area contributed by atoms with Crippen LogP contribution in [0.4, 0.5) is 4.39 Å². The lowest BCUT2D eigenvalue weighted by atomic mass is 9.94. The minimum absolute atomic E-state index is 0.170. The molecule has 3 aromatic carbocycles. The van der Waals surface area contributed by atoms with E-state index in [9.17, 15) is 9.18 Å². The number of alkyl halides is 1. The van der Waals surface area contributed by atoms with E-state index in [0.29, 0.717) is 17.6 Å². The summed E-state index contributed by atoms with van der Waals surface area (Å²) in [4.78, 5) is 19.4. The highest BCUT2D eigenvalue weighted by Crippen LogP contribution is 2.34. The lowest BCUT2D eigenvalue weighted by Crippen LogP contribution is -2.28. The highest BCUT2D eigenvalue weighted by molar-refractivity contribution is 6.03. The maximum absolute atomic E-state index is 14.3. The Kier molecular flexibility index (Phi) is 5.34. The Morgan fingerprint density at radius 2 is 1.52 bits per heavy atom. The third-order valence-electron chi connectivity index (χ3n) is 5.00. The molecule has 0 aliphatic heterocycles. The highest BCUT2D eigenvalue weighted by atomic mass is 19.1. The largest absolute Gasteiger partial charge is 0.336 e. The van der Waals surface area contributed by atoms with Crippen LogP contribution in [0.5, 0.6) is 0 Å². The van der Waals surface area contributed by atoms with Gasteiger partial charge in [-0.1, -0.05) is 78.9 Å². The molecule has 0 N–H and O–H groups in total. The zero-order valence-electron chi connectivity index (χ0n) is 16.2. The van der Waals surface area contributed by atoms with Crippen LogP contribution in [0, 0.1) is 0 Å². The lowest BCUT2D eigenvalue weighted by Gasteiger charge is -2.20. The van der Waals surface area contributed by atoms with Gasteiger partial charge in [0, 0.05) is 24.5 Å². The van der Waals surface area contributed by atoms with Crippen molar-refractivity contribution < 1.29 is 9.18 Å². The second-order valence-corrected chi connectivity index (χ2v) is 6.98. The molecule has 4 aromatic rings. The monoisotopic (exact) mass is 383 g/mol. The summed E-state index contributed by atoms with van der Waals surface area (Å²) in [5, 5.41) is 0.841. The van der Waals surface area contributed by atoms with Gasteiger partial charge < -0.3 is 4.90 Å². The molecule has 0 saturated heterocycles. The molecule has 0 atom stereocenters. The first-order chi connectivity index (χ1) is 14.2. The molecule has 0 saturated carbocycles. The van der Waals surface area contributed by atoms with Crippen molar-refractivity contribution in [2.45, 2.75) is 13.2 Å². The fourth-order valence-corrected chi connectivity index (χ4v) is 3.60. The SMILES string of the molecule is [11CH3]N(Cc1ccccc1)C(=O)c1nc2ccccc2c(-c2ccccc2)c1CF. The molecule has 3 nitrogen and oxygen atoms in total. The summed E-state index contributed by atoms with van der Waals surface area (Å²) in [6.07, 6.45) is 0. The van der Waals surface area contributed by atoms with Crippen LogP contribution in [0.25, 0.3) is 22.0 Å². The molecule has 0 bridgehead atoms. The average Bonchev–Trinajstić information content (AvgIpc) is 2.78. The summed E-state index contributed by atoms with van der Waals surface area (Å²) in [5.41, 5.74) is 3.80. The van der Waals surface area contributed by atoms with Crippen molar-refractivity contribution in [2.75, 3.05) is 7.05 Å². The molecular formula is C25H21FN2O. The fourth-order valence-electron chi connectivity index (χ4n) is 3.60. The molecule has 1 amide bonds. The lowest BCUT2D eigenvalue weighted by molar-refractivity contribution is 0.0777. The minimum atomic E-state index is -0.762. The summed E-state index contributed by atoms with van der Waals surface area (Å²) in [6, 6.07) is 26.9. The van der Waals surface area contributed by atoms with E-state index >= 15 is 0 Å². The van der Waals surface area contributed by atoms with E-state index in [1.807, 2.05) is 84.9 Å². The predicted molar refractivity (Wildman–Crippen MR) is 114 cm³/mol. The van der Waals surface area contributed by atoms with E-state index in [1.165, 1.54) is 0 Å². The van der Waals surface area contributed by atoms with Gasteiger partial charge in [0.15, 0.2) is 0 Å². The third-order valence-corrected chi connectivity index (χ3v) is 5.00. The fraction of sp³-hybridized carbons (Fsp3) is 0.120. The number of pyridine rings is 1. The smallest absolute Gasteiger partial charge is 0.272 e. The first kappa shape index (κ1) is 18.8. The molecule has 0 aliphatic rings.